The third-order valence-corrected chi connectivity index (χ3v) is 9.96. The van der Waals surface area contributed by atoms with E-state index in [1.165, 1.54) is 6.92 Å². The summed E-state index contributed by atoms with van der Waals surface area (Å²) in [5.74, 6) is -1.64. The molecule has 2 spiro atoms. The van der Waals surface area contributed by atoms with Gasteiger partial charge in [0.25, 0.3) is 0 Å². The Morgan fingerprint density at radius 3 is 2.49 bits per heavy atom. The van der Waals surface area contributed by atoms with Crippen LogP contribution in [0.2, 0.25) is 0 Å². The maximum atomic E-state index is 13.0. The first kappa shape index (κ1) is 25.0. The number of aliphatic hydroxyl groups excluding tert-OH is 1. The first-order chi connectivity index (χ1) is 16.3. The zero-order valence-corrected chi connectivity index (χ0v) is 21.4. The number of rotatable bonds is 4. The smallest absolute Gasteiger partial charge is 0.308 e. The second-order valence-corrected chi connectivity index (χ2v) is 12.2. The molecule has 3 aliphatic heterocycles. The van der Waals surface area contributed by atoms with Crippen molar-refractivity contribution in [2.24, 2.45) is 22.7 Å². The van der Waals surface area contributed by atoms with Crippen molar-refractivity contribution in [2.75, 3.05) is 19.8 Å². The third kappa shape index (κ3) is 3.40. The number of hydrogen-bond donors (Lipinski definition) is 1. The Hall–Kier alpha value is -1.71. The molecular weight excluding hydrogens is 456 g/mol. The zero-order valence-electron chi connectivity index (χ0n) is 21.4. The second kappa shape index (κ2) is 7.89. The topological polar surface area (TPSA) is 121 Å². The molecule has 0 bridgehead atoms. The summed E-state index contributed by atoms with van der Waals surface area (Å²) >= 11 is 0. The molecule has 8 atom stereocenters. The van der Waals surface area contributed by atoms with Crippen LogP contribution >= 0.6 is 0 Å². The highest BCUT2D eigenvalue weighted by molar-refractivity contribution is 5.73. The Bertz CT molecular complexity index is 928. The molecule has 196 valence electrons. The molecule has 2 aliphatic carbocycles. The fourth-order valence-corrected chi connectivity index (χ4v) is 7.94. The van der Waals surface area contributed by atoms with Gasteiger partial charge in [0.05, 0.1) is 36.1 Å². The third-order valence-electron chi connectivity index (χ3n) is 9.96. The lowest BCUT2D eigenvalue weighted by Crippen LogP contribution is -2.77. The summed E-state index contributed by atoms with van der Waals surface area (Å²) in [6.45, 7) is 9.59. The molecule has 5 aliphatic rings. The SMILES string of the molecule is CC(=O)OC[C@@]12[C@@H](OC(=O)C(C)C)C[C@]3(C)O[C@@]4(COC(=O)C4)C[C@@H](O)[C@]3(C)[C@H]1CCC[C@]21CO1. The summed E-state index contributed by atoms with van der Waals surface area (Å²) in [7, 11) is 0. The Morgan fingerprint density at radius 2 is 1.91 bits per heavy atom. The summed E-state index contributed by atoms with van der Waals surface area (Å²) in [6, 6.07) is 0. The fraction of sp³-hybridized carbons (Fsp3) is 0.885. The number of cyclic esters (lactones) is 1. The van der Waals surface area contributed by atoms with Gasteiger partial charge in [-0.15, -0.1) is 0 Å². The van der Waals surface area contributed by atoms with E-state index in [9.17, 15) is 19.5 Å². The van der Waals surface area contributed by atoms with Crippen LogP contribution in [0.25, 0.3) is 0 Å². The Balaban J connectivity index is 1.64. The van der Waals surface area contributed by atoms with Crippen molar-refractivity contribution in [3.63, 3.8) is 0 Å². The predicted molar refractivity (Wildman–Crippen MR) is 121 cm³/mol. The molecule has 0 aromatic carbocycles. The van der Waals surface area contributed by atoms with E-state index in [1.807, 2.05) is 13.8 Å². The van der Waals surface area contributed by atoms with Gasteiger partial charge in [0.15, 0.2) is 0 Å². The van der Waals surface area contributed by atoms with E-state index in [1.54, 1.807) is 13.8 Å². The maximum Gasteiger partial charge on any atom is 0.308 e. The summed E-state index contributed by atoms with van der Waals surface area (Å²) in [5.41, 5.74) is -3.98. The first-order valence-electron chi connectivity index (χ1n) is 12.8. The van der Waals surface area contributed by atoms with E-state index in [2.05, 4.69) is 0 Å². The summed E-state index contributed by atoms with van der Waals surface area (Å²) < 4.78 is 30.1. The van der Waals surface area contributed by atoms with Crippen molar-refractivity contribution in [3.05, 3.63) is 0 Å². The molecule has 9 heteroatoms. The average Bonchev–Trinajstić information content (AvgIpc) is 3.45. The van der Waals surface area contributed by atoms with E-state index in [0.717, 1.165) is 19.3 Å². The molecule has 3 saturated heterocycles. The Morgan fingerprint density at radius 1 is 1.20 bits per heavy atom. The molecule has 2 saturated carbocycles. The van der Waals surface area contributed by atoms with Gasteiger partial charge in [0.2, 0.25) is 0 Å². The number of carbonyl (C=O) groups is 3. The minimum Gasteiger partial charge on any atom is -0.465 e. The van der Waals surface area contributed by atoms with E-state index in [4.69, 9.17) is 23.7 Å². The standard InChI is InChI=1S/C26H38O9/c1-15(2)21(30)34-19-10-22(4)23(5,18(28)9-24(35-22)11-20(29)32-12-24)17-7-6-8-25(13-33-25)26(17,19)14-31-16(3)27/h15,17-19,28H,6-14H2,1-5H3/t17-,18-,19+,22+,23+,24+,25+,26+/m1/s1. The molecule has 1 N–H and O–H groups in total. The number of esters is 3. The lowest BCUT2D eigenvalue weighted by Gasteiger charge is -2.70. The fourth-order valence-electron chi connectivity index (χ4n) is 7.94. The van der Waals surface area contributed by atoms with Gasteiger partial charge in [-0.1, -0.05) is 27.2 Å². The van der Waals surface area contributed by atoms with Crippen LogP contribution in [0.3, 0.4) is 0 Å². The molecule has 5 rings (SSSR count). The molecule has 0 aromatic rings. The molecule has 0 amide bonds. The number of fused-ring (bicyclic) bond motifs is 4. The van der Waals surface area contributed by atoms with Gasteiger partial charge in [0, 0.05) is 25.2 Å². The normalized spacial score (nSPS) is 48.3. The zero-order chi connectivity index (χ0) is 25.4. The lowest BCUT2D eigenvalue weighted by molar-refractivity contribution is -0.350. The molecular formula is C26H38O9. The van der Waals surface area contributed by atoms with Gasteiger partial charge in [-0.3, -0.25) is 14.4 Å². The Labute approximate surface area is 206 Å². The van der Waals surface area contributed by atoms with Gasteiger partial charge in [-0.25, -0.2) is 0 Å². The number of hydrogen-bond acceptors (Lipinski definition) is 9. The predicted octanol–water partition coefficient (Wildman–Crippen LogP) is 2.31. The van der Waals surface area contributed by atoms with Crippen molar-refractivity contribution in [1.82, 2.24) is 0 Å². The largest absolute Gasteiger partial charge is 0.465 e. The van der Waals surface area contributed by atoms with Crippen LogP contribution in [0.4, 0.5) is 0 Å². The quantitative estimate of drug-likeness (QED) is 0.356. The second-order valence-electron chi connectivity index (χ2n) is 12.2. The first-order valence-corrected chi connectivity index (χ1v) is 12.8. The van der Waals surface area contributed by atoms with E-state index in [-0.39, 0.29) is 56.3 Å². The van der Waals surface area contributed by atoms with Crippen LogP contribution < -0.4 is 0 Å². The van der Waals surface area contributed by atoms with Crippen molar-refractivity contribution >= 4 is 17.9 Å². The maximum absolute atomic E-state index is 13.0. The Kier molecular flexibility index (Phi) is 5.63. The minimum absolute atomic E-state index is 0.0498. The minimum atomic E-state index is -0.918. The van der Waals surface area contributed by atoms with Crippen molar-refractivity contribution in [1.29, 1.82) is 0 Å². The van der Waals surface area contributed by atoms with Crippen LogP contribution in [-0.2, 0) is 38.1 Å². The molecule has 3 heterocycles. The van der Waals surface area contributed by atoms with Gasteiger partial charge < -0.3 is 28.8 Å². The molecule has 35 heavy (non-hydrogen) atoms. The van der Waals surface area contributed by atoms with Crippen molar-refractivity contribution in [3.8, 4) is 0 Å². The highest BCUT2D eigenvalue weighted by Crippen LogP contribution is 2.72. The highest BCUT2D eigenvalue weighted by atomic mass is 16.6. The summed E-state index contributed by atoms with van der Waals surface area (Å²) in [4.78, 5) is 37.1. The van der Waals surface area contributed by atoms with Gasteiger partial charge in [-0.05, 0) is 25.7 Å². The lowest BCUT2D eigenvalue weighted by atomic mass is 9.40. The highest BCUT2D eigenvalue weighted by Gasteiger charge is 2.80. The molecule has 0 radical (unpaired) electrons. The van der Waals surface area contributed by atoms with E-state index in [0.29, 0.717) is 6.61 Å². The van der Waals surface area contributed by atoms with Gasteiger partial charge >= 0.3 is 17.9 Å². The molecule has 5 fully saturated rings. The van der Waals surface area contributed by atoms with Crippen molar-refractivity contribution in [2.45, 2.75) is 102 Å². The van der Waals surface area contributed by atoms with Crippen LogP contribution in [0.15, 0.2) is 0 Å². The van der Waals surface area contributed by atoms with Crippen molar-refractivity contribution < 1.29 is 43.2 Å². The number of aliphatic hydroxyl groups is 1. The van der Waals surface area contributed by atoms with Crippen LogP contribution in [-0.4, -0.2) is 71.8 Å². The molecule has 9 nitrogen and oxygen atoms in total. The summed E-state index contributed by atoms with van der Waals surface area (Å²) in [6.07, 6.45) is 1.60. The number of carbonyl (C=O) groups excluding carboxylic acids is 3. The number of epoxide rings is 1. The molecule has 0 aromatic heterocycles. The van der Waals surface area contributed by atoms with E-state index >= 15 is 0 Å². The van der Waals surface area contributed by atoms with Crippen LogP contribution in [0.5, 0.6) is 0 Å². The molecule has 0 unspecified atom stereocenters. The van der Waals surface area contributed by atoms with Crippen LogP contribution in [0.1, 0.15) is 73.1 Å². The van der Waals surface area contributed by atoms with Gasteiger partial charge in [-0.2, -0.15) is 0 Å². The van der Waals surface area contributed by atoms with Crippen LogP contribution in [0, 0.1) is 22.7 Å². The monoisotopic (exact) mass is 494 g/mol. The number of ether oxygens (including phenoxy) is 5. The summed E-state index contributed by atoms with van der Waals surface area (Å²) in [5, 5.41) is 11.8. The van der Waals surface area contributed by atoms with E-state index < -0.39 is 45.8 Å². The van der Waals surface area contributed by atoms with Gasteiger partial charge in [0.1, 0.15) is 30.5 Å². The average molecular weight is 495 g/mol.